The van der Waals surface area contributed by atoms with Crippen LogP contribution >= 0.6 is 15.9 Å². The molecule has 1 aliphatic rings. The van der Waals surface area contributed by atoms with E-state index < -0.39 is 38.2 Å². The minimum absolute atomic E-state index is 0.115. The zero-order valence-electron chi connectivity index (χ0n) is 19.0. The predicted molar refractivity (Wildman–Crippen MR) is 128 cm³/mol. The third-order valence-corrected chi connectivity index (χ3v) is 8.41. The molecule has 0 unspecified atom stereocenters. The lowest BCUT2D eigenvalue weighted by Crippen LogP contribution is -2.35. The van der Waals surface area contributed by atoms with Gasteiger partial charge < -0.3 is 19.5 Å². The van der Waals surface area contributed by atoms with Gasteiger partial charge in [-0.15, -0.1) is 0 Å². The van der Waals surface area contributed by atoms with Crippen molar-refractivity contribution in [1.82, 2.24) is 9.47 Å². The molecule has 2 heterocycles. The Balaban J connectivity index is 1.88. The van der Waals surface area contributed by atoms with E-state index in [2.05, 4.69) is 15.9 Å². The molecule has 0 aliphatic carbocycles. The van der Waals surface area contributed by atoms with E-state index in [1.807, 2.05) is 4.90 Å². The van der Waals surface area contributed by atoms with E-state index in [4.69, 9.17) is 4.74 Å². The molecular weight excluding hydrogens is 569 g/mol. The minimum atomic E-state index is -4.74. The molecule has 1 saturated heterocycles. The number of rotatable bonds is 6. The fourth-order valence-corrected chi connectivity index (χ4v) is 6.26. The summed E-state index contributed by atoms with van der Waals surface area (Å²) < 4.78 is 72.8. The maximum atomic E-state index is 13.2. The number of phenolic OH excluding ortho intramolecular Hbond substituents is 1. The maximum absolute atomic E-state index is 13.2. The Bertz CT molecular complexity index is 1450. The van der Waals surface area contributed by atoms with E-state index >= 15 is 0 Å². The Morgan fingerprint density at radius 3 is 2.47 bits per heavy atom. The first-order chi connectivity index (χ1) is 16.8. The molecule has 194 valence electrons. The molecule has 1 fully saturated rings. The standard InChI is InChI=1S/C23H22BrF3N2O6S/c1-28-17-10-16(24)21(30)15(11-29-5-7-35-8-6-29)19(17)20(22(31)32)18(28)12-36(33,34)14-4-2-3-13(9-14)23(25,26)27/h2-4,9-10,30H,5-8,11-12H2,1H3,(H,31,32). The van der Waals surface area contributed by atoms with Gasteiger partial charge in [0.1, 0.15) is 5.75 Å². The number of benzene rings is 2. The van der Waals surface area contributed by atoms with Gasteiger partial charge in [-0.25, -0.2) is 13.2 Å². The molecule has 0 amide bonds. The molecule has 13 heteroatoms. The van der Waals surface area contributed by atoms with Gasteiger partial charge in [-0.3, -0.25) is 4.90 Å². The number of carbonyl (C=O) groups is 1. The lowest BCUT2D eigenvalue weighted by atomic mass is 10.0. The molecule has 0 atom stereocenters. The van der Waals surface area contributed by atoms with Gasteiger partial charge in [0.05, 0.1) is 45.0 Å². The van der Waals surface area contributed by atoms with Crippen LogP contribution in [0.15, 0.2) is 39.7 Å². The molecule has 1 aromatic heterocycles. The first-order valence-electron chi connectivity index (χ1n) is 10.8. The van der Waals surface area contributed by atoms with E-state index in [1.165, 1.54) is 17.7 Å². The van der Waals surface area contributed by atoms with Crippen LogP contribution in [0.4, 0.5) is 13.2 Å². The molecule has 0 saturated carbocycles. The molecule has 1 aliphatic heterocycles. The predicted octanol–water partition coefficient (Wildman–Crippen LogP) is 4.17. The van der Waals surface area contributed by atoms with Gasteiger partial charge in [0.15, 0.2) is 9.84 Å². The average Bonchev–Trinajstić information content (AvgIpc) is 3.08. The number of morpholine rings is 1. The molecule has 36 heavy (non-hydrogen) atoms. The topological polar surface area (TPSA) is 109 Å². The number of carboxylic acids is 1. The van der Waals surface area contributed by atoms with Crippen LogP contribution in [-0.2, 0) is 40.1 Å². The summed E-state index contributed by atoms with van der Waals surface area (Å²) in [5.41, 5.74) is -0.906. The van der Waals surface area contributed by atoms with Crippen molar-refractivity contribution in [2.45, 2.75) is 23.4 Å². The van der Waals surface area contributed by atoms with Crippen LogP contribution < -0.4 is 0 Å². The molecule has 0 spiro atoms. The van der Waals surface area contributed by atoms with Crippen molar-refractivity contribution in [3.05, 3.63) is 57.2 Å². The summed E-state index contributed by atoms with van der Waals surface area (Å²) >= 11 is 3.28. The van der Waals surface area contributed by atoms with Gasteiger partial charge in [0.2, 0.25) is 0 Å². The van der Waals surface area contributed by atoms with Crippen LogP contribution in [0.5, 0.6) is 5.75 Å². The Kier molecular flexibility index (Phi) is 7.12. The smallest absolute Gasteiger partial charge is 0.416 e. The fourth-order valence-electron chi connectivity index (χ4n) is 4.34. The molecule has 4 rings (SSSR count). The first-order valence-corrected chi connectivity index (χ1v) is 13.2. The van der Waals surface area contributed by atoms with E-state index in [0.29, 0.717) is 47.9 Å². The molecule has 2 aromatic carbocycles. The monoisotopic (exact) mass is 590 g/mol. The number of halogens is 4. The second-order valence-corrected chi connectivity index (χ2v) is 11.3. The van der Waals surface area contributed by atoms with Gasteiger partial charge in [-0.2, -0.15) is 13.2 Å². The number of hydrogen-bond donors (Lipinski definition) is 2. The number of sulfone groups is 1. The number of ether oxygens (including phenoxy) is 1. The minimum Gasteiger partial charge on any atom is -0.506 e. The van der Waals surface area contributed by atoms with E-state index in [1.54, 1.807) is 0 Å². The SMILES string of the molecule is Cn1c(CS(=O)(=O)c2cccc(C(F)(F)F)c2)c(C(=O)O)c2c(CN3CCOCC3)c(O)c(Br)cc21. The summed E-state index contributed by atoms with van der Waals surface area (Å²) in [7, 11) is -2.89. The Morgan fingerprint density at radius 2 is 1.86 bits per heavy atom. The lowest BCUT2D eigenvalue weighted by molar-refractivity contribution is -0.137. The zero-order chi connectivity index (χ0) is 26.4. The number of hydrogen-bond acceptors (Lipinski definition) is 6. The highest BCUT2D eigenvalue weighted by atomic mass is 79.9. The Morgan fingerprint density at radius 1 is 1.19 bits per heavy atom. The van der Waals surface area contributed by atoms with Crippen LogP contribution in [0.1, 0.15) is 27.2 Å². The normalized spacial score (nSPS) is 15.5. The number of aromatic hydroxyl groups is 1. The molecule has 0 radical (unpaired) electrons. The number of fused-ring (bicyclic) bond motifs is 1. The maximum Gasteiger partial charge on any atom is 0.416 e. The van der Waals surface area contributed by atoms with Crippen molar-refractivity contribution in [3.8, 4) is 5.75 Å². The lowest BCUT2D eigenvalue weighted by Gasteiger charge is -2.27. The molecule has 0 bridgehead atoms. The Labute approximate surface area is 212 Å². The number of aromatic carboxylic acids is 1. The van der Waals surface area contributed by atoms with Crippen LogP contribution in [0.25, 0.3) is 10.9 Å². The van der Waals surface area contributed by atoms with Gasteiger partial charge in [0, 0.05) is 43.3 Å². The van der Waals surface area contributed by atoms with Crippen LogP contribution in [-0.4, -0.2) is 60.4 Å². The van der Waals surface area contributed by atoms with Crippen molar-refractivity contribution >= 4 is 42.6 Å². The first kappa shape index (κ1) is 26.5. The molecular formula is C23H22BrF3N2O6S. The fraction of sp³-hybridized carbons (Fsp3) is 0.348. The van der Waals surface area contributed by atoms with E-state index in [-0.39, 0.29) is 28.9 Å². The zero-order valence-corrected chi connectivity index (χ0v) is 21.4. The largest absolute Gasteiger partial charge is 0.506 e. The van der Waals surface area contributed by atoms with Crippen molar-refractivity contribution in [1.29, 1.82) is 0 Å². The molecule has 2 N–H and O–H groups in total. The number of alkyl halides is 3. The highest BCUT2D eigenvalue weighted by molar-refractivity contribution is 9.10. The number of nitrogens with zero attached hydrogens (tertiary/aromatic N) is 2. The van der Waals surface area contributed by atoms with Crippen molar-refractivity contribution in [2.75, 3.05) is 26.3 Å². The van der Waals surface area contributed by atoms with Crippen LogP contribution in [0.2, 0.25) is 0 Å². The number of aromatic nitrogens is 1. The number of phenols is 1. The average molecular weight is 591 g/mol. The Hall–Kier alpha value is -2.61. The summed E-state index contributed by atoms with van der Waals surface area (Å²) in [6.07, 6.45) is -4.74. The van der Waals surface area contributed by atoms with E-state index in [0.717, 1.165) is 18.2 Å². The van der Waals surface area contributed by atoms with Crippen molar-refractivity contribution in [2.24, 2.45) is 7.05 Å². The second-order valence-electron chi connectivity index (χ2n) is 8.44. The quantitative estimate of drug-likeness (QED) is 0.443. The number of aryl methyl sites for hydroxylation is 1. The third kappa shape index (κ3) is 4.97. The third-order valence-electron chi connectivity index (χ3n) is 6.18. The second kappa shape index (κ2) is 9.69. The van der Waals surface area contributed by atoms with Crippen molar-refractivity contribution in [3.63, 3.8) is 0 Å². The van der Waals surface area contributed by atoms with Crippen LogP contribution in [0.3, 0.4) is 0 Å². The highest BCUT2D eigenvalue weighted by Crippen LogP contribution is 2.40. The van der Waals surface area contributed by atoms with Gasteiger partial charge >= 0.3 is 12.1 Å². The molecule has 8 nitrogen and oxygen atoms in total. The van der Waals surface area contributed by atoms with Gasteiger partial charge in [0.25, 0.3) is 0 Å². The summed E-state index contributed by atoms with van der Waals surface area (Å²) in [5, 5.41) is 21.1. The highest BCUT2D eigenvalue weighted by Gasteiger charge is 2.33. The van der Waals surface area contributed by atoms with Gasteiger partial charge in [-0.1, -0.05) is 6.07 Å². The van der Waals surface area contributed by atoms with Crippen molar-refractivity contribution < 1.29 is 41.3 Å². The summed E-state index contributed by atoms with van der Waals surface area (Å²) in [5.74, 6) is -2.44. The summed E-state index contributed by atoms with van der Waals surface area (Å²) in [6.45, 7) is 2.24. The van der Waals surface area contributed by atoms with Gasteiger partial charge in [-0.05, 0) is 40.2 Å². The molecule has 3 aromatic rings. The summed E-state index contributed by atoms with van der Waals surface area (Å²) in [4.78, 5) is 13.8. The van der Waals surface area contributed by atoms with E-state index in [9.17, 15) is 36.6 Å². The summed E-state index contributed by atoms with van der Waals surface area (Å²) in [6, 6.07) is 4.81. The number of carboxylic acid groups (broad SMARTS) is 1. The van der Waals surface area contributed by atoms with Crippen LogP contribution in [0, 0.1) is 0 Å².